The van der Waals surface area contributed by atoms with Gasteiger partial charge in [0.25, 0.3) is 0 Å². The van der Waals surface area contributed by atoms with E-state index in [0.29, 0.717) is 11.4 Å². The van der Waals surface area contributed by atoms with Gasteiger partial charge in [-0.25, -0.2) is 14.8 Å². The van der Waals surface area contributed by atoms with E-state index < -0.39 is 5.97 Å². The van der Waals surface area contributed by atoms with Gasteiger partial charge < -0.3 is 10.1 Å². The van der Waals surface area contributed by atoms with Crippen LogP contribution in [0.4, 0.5) is 10.9 Å². The average molecular weight is 398 g/mol. The van der Waals surface area contributed by atoms with Gasteiger partial charge in [-0.3, -0.25) is 0 Å². The number of aromatic nitrogens is 2. The average Bonchev–Trinajstić information content (AvgIpc) is 3.43. The molecule has 0 aromatic carbocycles. The van der Waals surface area contributed by atoms with E-state index in [1.807, 2.05) is 23.6 Å². The number of nitrogens with zero attached hydrogens (tertiary/aromatic N) is 2. The van der Waals surface area contributed by atoms with Gasteiger partial charge in [-0.15, -0.1) is 22.7 Å². The zero-order valence-electron chi connectivity index (χ0n) is 15.1. The molecule has 4 rings (SSSR count). The molecule has 3 heterocycles. The number of carbonyl (C=O) groups excluding carboxylic acids is 1. The van der Waals surface area contributed by atoms with E-state index in [0.717, 1.165) is 34.1 Å². The Morgan fingerprint density at radius 1 is 1.37 bits per heavy atom. The number of rotatable bonds is 5. The molecule has 1 aliphatic rings. The van der Waals surface area contributed by atoms with Gasteiger partial charge in [0.1, 0.15) is 11.4 Å². The number of thiophene rings is 1. The third-order valence-electron chi connectivity index (χ3n) is 4.47. The molecule has 0 spiro atoms. The summed E-state index contributed by atoms with van der Waals surface area (Å²) in [6.45, 7) is 2.08. The molecule has 0 saturated carbocycles. The van der Waals surface area contributed by atoms with Crippen molar-refractivity contribution in [1.82, 2.24) is 9.97 Å². The number of anilines is 2. The molecule has 3 aromatic rings. The van der Waals surface area contributed by atoms with Crippen LogP contribution in [0.3, 0.4) is 0 Å². The molecule has 1 aliphatic carbocycles. The molecule has 5 nitrogen and oxygen atoms in total. The van der Waals surface area contributed by atoms with Crippen LogP contribution in [0.15, 0.2) is 35.9 Å². The molecule has 0 aliphatic heterocycles. The van der Waals surface area contributed by atoms with Crippen molar-refractivity contribution in [1.29, 1.82) is 0 Å². The predicted octanol–water partition coefficient (Wildman–Crippen LogP) is 5.67. The Bertz CT molecular complexity index is 1010. The van der Waals surface area contributed by atoms with E-state index in [2.05, 4.69) is 23.3 Å². The van der Waals surface area contributed by atoms with Crippen LogP contribution >= 0.6 is 22.7 Å². The lowest BCUT2D eigenvalue weighted by Gasteiger charge is -2.09. The third-order valence-corrected chi connectivity index (χ3v) is 6.27. The number of carbonyl (C=O) groups is 1. The van der Waals surface area contributed by atoms with Crippen LogP contribution in [0.25, 0.3) is 16.0 Å². The summed E-state index contributed by atoms with van der Waals surface area (Å²) in [5, 5.41) is 5.95. The van der Waals surface area contributed by atoms with Crippen molar-refractivity contribution >= 4 is 45.2 Å². The Hall–Kier alpha value is -2.51. The molecule has 27 heavy (non-hydrogen) atoms. The fraction of sp³-hybridized carbons (Fsp3) is 0.250. The molecule has 1 N–H and O–H groups in total. The third kappa shape index (κ3) is 3.65. The maximum atomic E-state index is 12.3. The van der Waals surface area contributed by atoms with Crippen molar-refractivity contribution in [3.05, 3.63) is 52.0 Å². The first kappa shape index (κ1) is 17.9. The number of hydrogen-bond acceptors (Lipinski definition) is 7. The lowest BCUT2D eigenvalue weighted by Crippen LogP contribution is -2.07. The van der Waals surface area contributed by atoms with E-state index in [4.69, 9.17) is 9.72 Å². The SMILES string of the molecule is COC(=O)c1cc(-c2cccs2)cnc1Nc1nc(C2=CCCC2)c(C)s1. The number of pyridine rings is 1. The van der Waals surface area contributed by atoms with E-state index in [9.17, 15) is 4.79 Å². The lowest BCUT2D eigenvalue weighted by atomic mass is 10.1. The van der Waals surface area contributed by atoms with Crippen molar-refractivity contribution in [2.75, 3.05) is 12.4 Å². The molecular weight excluding hydrogens is 378 g/mol. The fourth-order valence-electron chi connectivity index (χ4n) is 3.14. The largest absolute Gasteiger partial charge is 0.465 e. The summed E-state index contributed by atoms with van der Waals surface area (Å²) in [6.07, 6.45) is 7.41. The highest BCUT2D eigenvalue weighted by molar-refractivity contribution is 7.15. The molecular formula is C20H19N3O2S2. The van der Waals surface area contributed by atoms with Crippen molar-refractivity contribution in [2.45, 2.75) is 26.2 Å². The molecule has 0 atom stereocenters. The zero-order chi connectivity index (χ0) is 18.8. The molecule has 0 bridgehead atoms. The van der Waals surface area contributed by atoms with Gasteiger partial charge in [-0.2, -0.15) is 0 Å². The molecule has 0 fully saturated rings. The van der Waals surface area contributed by atoms with E-state index in [-0.39, 0.29) is 0 Å². The predicted molar refractivity (Wildman–Crippen MR) is 111 cm³/mol. The zero-order valence-corrected chi connectivity index (χ0v) is 16.7. The van der Waals surface area contributed by atoms with E-state index in [1.165, 1.54) is 24.0 Å². The maximum absolute atomic E-state index is 12.3. The van der Waals surface area contributed by atoms with Gasteiger partial charge in [0, 0.05) is 21.5 Å². The number of aryl methyl sites for hydroxylation is 1. The second-order valence-corrected chi connectivity index (χ2v) is 8.41. The molecule has 138 valence electrons. The summed E-state index contributed by atoms with van der Waals surface area (Å²) >= 11 is 3.18. The summed E-state index contributed by atoms with van der Waals surface area (Å²) in [5.74, 6) is 0.0401. The first-order valence-electron chi connectivity index (χ1n) is 8.72. The van der Waals surface area contributed by atoms with Crippen LogP contribution in [-0.4, -0.2) is 23.0 Å². The van der Waals surface area contributed by atoms with Gasteiger partial charge in [0.15, 0.2) is 5.13 Å². The van der Waals surface area contributed by atoms with Gasteiger partial charge in [0.05, 0.1) is 12.8 Å². The van der Waals surface area contributed by atoms with Gasteiger partial charge in [-0.1, -0.05) is 12.1 Å². The van der Waals surface area contributed by atoms with Crippen molar-refractivity contribution in [3.8, 4) is 10.4 Å². The summed E-state index contributed by atoms with van der Waals surface area (Å²) < 4.78 is 4.96. The Morgan fingerprint density at radius 3 is 2.96 bits per heavy atom. The summed E-state index contributed by atoms with van der Waals surface area (Å²) in [6, 6.07) is 5.79. The Kier molecular flexibility index (Phi) is 5.05. The molecule has 7 heteroatoms. The minimum Gasteiger partial charge on any atom is -0.465 e. The number of allylic oxidation sites excluding steroid dienone is 2. The quantitative estimate of drug-likeness (QED) is 0.562. The summed E-state index contributed by atoms with van der Waals surface area (Å²) in [7, 11) is 1.38. The smallest absolute Gasteiger partial charge is 0.341 e. The van der Waals surface area contributed by atoms with Gasteiger partial charge in [0.2, 0.25) is 0 Å². The van der Waals surface area contributed by atoms with E-state index in [1.54, 1.807) is 28.9 Å². The highest BCUT2D eigenvalue weighted by atomic mass is 32.1. The van der Waals surface area contributed by atoms with Crippen LogP contribution < -0.4 is 5.32 Å². The van der Waals surface area contributed by atoms with Crippen LogP contribution in [0.1, 0.15) is 40.2 Å². The second kappa shape index (κ2) is 7.62. The lowest BCUT2D eigenvalue weighted by molar-refractivity contribution is 0.0601. The summed E-state index contributed by atoms with van der Waals surface area (Å²) in [5.41, 5.74) is 3.65. The number of hydrogen-bond donors (Lipinski definition) is 1. The monoisotopic (exact) mass is 397 g/mol. The summed E-state index contributed by atoms with van der Waals surface area (Å²) in [4.78, 5) is 23.7. The van der Waals surface area contributed by atoms with Crippen molar-refractivity contribution < 1.29 is 9.53 Å². The van der Waals surface area contributed by atoms with Crippen LogP contribution in [0.5, 0.6) is 0 Å². The Balaban J connectivity index is 1.67. The molecule has 0 unspecified atom stereocenters. The first-order chi connectivity index (χ1) is 13.2. The Morgan fingerprint density at radius 2 is 2.26 bits per heavy atom. The number of nitrogens with one attached hydrogen (secondary N) is 1. The fourth-order valence-corrected chi connectivity index (χ4v) is 4.70. The van der Waals surface area contributed by atoms with Crippen molar-refractivity contribution in [3.63, 3.8) is 0 Å². The number of ether oxygens (including phenoxy) is 1. The molecule has 0 radical (unpaired) electrons. The topological polar surface area (TPSA) is 64.1 Å². The van der Waals surface area contributed by atoms with Crippen molar-refractivity contribution in [2.24, 2.45) is 0 Å². The normalized spacial score (nSPS) is 13.5. The van der Waals surface area contributed by atoms with Crippen LogP contribution in [-0.2, 0) is 4.74 Å². The maximum Gasteiger partial charge on any atom is 0.341 e. The second-order valence-electron chi connectivity index (χ2n) is 6.26. The Labute approximate surface area is 165 Å². The highest BCUT2D eigenvalue weighted by Crippen LogP contribution is 2.35. The van der Waals surface area contributed by atoms with Crippen LogP contribution in [0, 0.1) is 6.92 Å². The van der Waals surface area contributed by atoms with Gasteiger partial charge >= 0.3 is 5.97 Å². The van der Waals surface area contributed by atoms with Crippen LogP contribution in [0.2, 0.25) is 0 Å². The standard InChI is InChI=1S/C20H19N3O2S2/c1-12-17(13-6-3-4-7-13)22-20(27-12)23-18-15(19(24)25-2)10-14(11-21-18)16-8-5-9-26-16/h5-6,8-11H,3-4,7H2,1-2H3,(H,21,22,23). The number of thiazole rings is 1. The molecule has 0 amide bonds. The van der Waals surface area contributed by atoms with E-state index >= 15 is 0 Å². The minimum absolute atomic E-state index is 0.401. The minimum atomic E-state index is -0.421. The molecule has 0 saturated heterocycles. The highest BCUT2D eigenvalue weighted by Gasteiger charge is 2.19. The molecule has 3 aromatic heterocycles. The number of esters is 1. The number of methoxy groups -OCH3 is 1. The van der Waals surface area contributed by atoms with Gasteiger partial charge in [-0.05, 0) is 49.3 Å². The first-order valence-corrected chi connectivity index (χ1v) is 10.4.